The third-order valence-corrected chi connectivity index (χ3v) is 6.83. The van der Waals surface area contributed by atoms with E-state index in [-0.39, 0.29) is 44.6 Å². The second kappa shape index (κ2) is 12.0. The van der Waals surface area contributed by atoms with E-state index in [1.165, 1.54) is 0 Å². The molecule has 1 heterocycles. The molecule has 1 aliphatic rings. The number of nitrogens with one attached hydrogen (secondary N) is 1. The Balaban J connectivity index is 2.06. The Morgan fingerprint density at radius 2 is 1.97 bits per heavy atom. The summed E-state index contributed by atoms with van der Waals surface area (Å²) in [5.74, 6) is -0.270. The highest BCUT2D eigenvalue weighted by Crippen LogP contribution is 2.37. The van der Waals surface area contributed by atoms with Gasteiger partial charge in [-0.3, -0.25) is 9.59 Å². The second-order valence-corrected chi connectivity index (χ2v) is 14.9. The summed E-state index contributed by atoms with van der Waals surface area (Å²) in [7, 11) is -1.37. The summed E-state index contributed by atoms with van der Waals surface area (Å²) in [6, 6.07) is 0.394. The van der Waals surface area contributed by atoms with Gasteiger partial charge in [-0.05, 0) is 31.7 Å². The summed E-state index contributed by atoms with van der Waals surface area (Å²) in [6.07, 6.45) is -2.10. The van der Waals surface area contributed by atoms with Crippen molar-refractivity contribution in [2.24, 2.45) is 5.92 Å². The minimum atomic E-state index is -4.86. The van der Waals surface area contributed by atoms with Gasteiger partial charge in [0.1, 0.15) is 12.3 Å². The lowest BCUT2D eigenvalue weighted by molar-refractivity contribution is -0.144. The minimum Gasteiger partial charge on any atom is -0.466 e. The number of carbonyl (C=O) groups excluding carboxylic acids is 1. The lowest BCUT2D eigenvalue weighted by Gasteiger charge is -2.22. The van der Waals surface area contributed by atoms with Gasteiger partial charge in [-0.15, -0.1) is 0 Å². The van der Waals surface area contributed by atoms with Gasteiger partial charge in [0.2, 0.25) is 0 Å². The lowest BCUT2D eigenvalue weighted by atomic mass is 10.1. The molecule has 0 radical (unpaired) electrons. The van der Waals surface area contributed by atoms with Crippen LogP contribution in [0.4, 0.5) is 18.9 Å². The molecule has 12 heteroatoms. The van der Waals surface area contributed by atoms with Crippen LogP contribution in [0.2, 0.25) is 25.7 Å². The molecule has 0 bridgehead atoms. The first-order valence-electron chi connectivity index (χ1n) is 11.2. The van der Waals surface area contributed by atoms with Crippen LogP contribution >= 0.6 is 0 Å². The quantitative estimate of drug-likeness (QED) is 0.240. The van der Waals surface area contributed by atoms with E-state index in [2.05, 4.69) is 30.1 Å². The van der Waals surface area contributed by atoms with E-state index in [0.717, 1.165) is 25.1 Å². The van der Waals surface area contributed by atoms with Crippen LogP contribution in [0.1, 0.15) is 31.7 Å². The zero-order valence-electron chi connectivity index (χ0n) is 19.7. The molecule has 0 spiro atoms. The minimum absolute atomic E-state index is 0.0638. The Labute approximate surface area is 192 Å². The highest BCUT2D eigenvalue weighted by molar-refractivity contribution is 6.76. The van der Waals surface area contributed by atoms with Gasteiger partial charge in [-0.25, -0.2) is 4.68 Å². The van der Waals surface area contributed by atoms with E-state index in [0.29, 0.717) is 11.3 Å². The van der Waals surface area contributed by atoms with E-state index in [1.54, 1.807) is 6.92 Å². The number of alkyl halides is 3. The number of halogens is 3. The van der Waals surface area contributed by atoms with Crippen LogP contribution in [0.5, 0.6) is 0 Å². The van der Waals surface area contributed by atoms with Gasteiger partial charge in [0.25, 0.3) is 5.56 Å². The summed E-state index contributed by atoms with van der Waals surface area (Å²) >= 11 is 0. The van der Waals surface area contributed by atoms with Gasteiger partial charge in [-0.2, -0.15) is 18.3 Å². The maximum absolute atomic E-state index is 13.8. The number of anilines is 1. The summed E-state index contributed by atoms with van der Waals surface area (Å²) in [6.45, 7) is 8.65. The predicted octanol–water partition coefficient (Wildman–Crippen LogP) is 3.73. The van der Waals surface area contributed by atoms with Crippen molar-refractivity contribution in [1.29, 1.82) is 0 Å². The van der Waals surface area contributed by atoms with Crippen LogP contribution in [-0.2, 0) is 31.9 Å². The molecule has 0 aromatic carbocycles. The van der Waals surface area contributed by atoms with Gasteiger partial charge < -0.3 is 19.5 Å². The maximum Gasteiger partial charge on any atom is 0.423 e. The molecule has 0 amide bonds. The van der Waals surface area contributed by atoms with E-state index in [9.17, 15) is 22.8 Å². The zero-order chi connectivity index (χ0) is 24.6. The summed E-state index contributed by atoms with van der Waals surface area (Å²) in [5, 5.41) is 6.70. The van der Waals surface area contributed by atoms with Crippen molar-refractivity contribution >= 4 is 19.7 Å². The third-order valence-electron chi connectivity index (χ3n) is 5.12. The molecular formula is C21H34F3N3O5Si. The van der Waals surface area contributed by atoms with Gasteiger partial charge in [0, 0.05) is 14.7 Å². The first kappa shape index (κ1) is 27.3. The molecule has 1 N–H and O–H groups in total. The molecule has 188 valence electrons. The van der Waals surface area contributed by atoms with Crippen molar-refractivity contribution in [2.45, 2.75) is 70.8 Å². The monoisotopic (exact) mass is 493 g/mol. The van der Waals surface area contributed by atoms with Crippen molar-refractivity contribution in [3.05, 3.63) is 22.1 Å². The van der Waals surface area contributed by atoms with Crippen LogP contribution in [0, 0.1) is 5.92 Å². The Kier molecular flexibility index (Phi) is 9.92. The first-order valence-corrected chi connectivity index (χ1v) is 14.9. The number of ether oxygens (including phenoxy) is 3. The van der Waals surface area contributed by atoms with Crippen molar-refractivity contribution in [1.82, 2.24) is 9.78 Å². The number of aromatic nitrogens is 2. The molecule has 0 saturated heterocycles. The Bertz CT molecular complexity index is 838. The molecule has 0 aliphatic heterocycles. The van der Waals surface area contributed by atoms with Gasteiger partial charge in [0.15, 0.2) is 0 Å². The normalized spacial score (nSPS) is 15.4. The smallest absolute Gasteiger partial charge is 0.423 e. The summed E-state index contributed by atoms with van der Waals surface area (Å²) in [5.41, 5.74) is -2.93. The third kappa shape index (κ3) is 9.45. The van der Waals surface area contributed by atoms with Crippen molar-refractivity contribution in [3.8, 4) is 0 Å². The molecule has 1 aliphatic carbocycles. The number of rotatable bonds is 14. The largest absolute Gasteiger partial charge is 0.466 e. The highest BCUT2D eigenvalue weighted by atomic mass is 28.3. The molecule has 2 rings (SSSR count). The van der Waals surface area contributed by atoms with Crippen molar-refractivity contribution < 1.29 is 32.2 Å². The fraction of sp³-hybridized carbons (Fsp3) is 0.762. The number of nitrogens with zero attached hydrogens (tertiary/aromatic N) is 2. The van der Waals surface area contributed by atoms with Crippen molar-refractivity contribution in [3.63, 3.8) is 0 Å². The standard InChI is InChI=1S/C21H34F3N3O5Si/c1-5-32-18(28)8-9-30-13-17(15-6-7-15)26-16-12-25-27(14-31-10-11-33(2,3)4)20(29)19(16)21(22,23)24/h12,15,17,26H,5-11,13-14H2,1-4H3/t17-/m1/s1. The first-order chi connectivity index (χ1) is 15.4. The van der Waals surface area contributed by atoms with E-state index >= 15 is 0 Å². The van der Waals surface area contributed by atoms with Gasteiger partial charge >= 0.3 is 12.1 Å². The van der Waals surface area contributed by atoms with Gasteiger partial charge in [0.05, 0.1) is 44.2 Å². The van der Waals surface area contributed by atoms with Crippen LogP contribution in [0.15, 0.2) is 11.0 Å². The van der Waals surface area contributed by atoms with Gasteiger partial charge in [-0.1, -0.05) is 19.6 Å². The number of hydrogen-bond donors (Lipinski definition) is 1. The maximum atomic E-state index is 13.8. The zero-order valence-corrected chi connectivity index (χ0v) is 20.7. The molecule has 0 unspecified atom stereocenters. The molecule has 1 atom stereocenters. The number of carbonyl (C=O) groups is 1. The van der Waals surface area contributed by atoms with Crippen LogP contribution < -0.4 is 10.9 Å². The van der Waals surface area contributed by atoms with E-state index in [4.69, 9.17) is 14.2 Å². The predicted molar refractivity (Wildman–Crippen MR) is 120 cm³/mol. The number of esters is 1. The van der Waals surface area contributed by atoms with Crippen LogP contribution in [-0.4, -0.2) is 56.3 Å². The molecule has 1 aromatic rings. The molecule has 1 saturated carbocycles. The lowest BCUT2D eigenvalue weighted by Crippen LogP contribution is -2.36. The van der Waals surface area contributed by atoms with E-state index in [1.807, 2.05) is 0 Å². The molecule has 33 heavy (non-hydrogen) atoms. The molecular weight excluding hydrogens is 459 g/mol. The number of hydrogen-bond acceptors (Lipinski definition) is 7. The fourth-order valence-corrected chi connectivity index (χ4v) is 3.84. The Hall–Kier alpha value is -1.92. The molecule has 1 aromatic heterocycles. The summed E-state index contributed by atoms with van der Waals surface area (Å²) in [4.78, 5) is 24.0. The average Bonchev–Trinajstić information content (AvgIpc) is 3.52. The topological polar surface area (TPSA) is 91.7 Å². The Morgan fingerprint density at radius 1 is 1.27 bits per heavy atom. The van der Waals surface area contributed by atoms with Crippen LogP contribution in [0.25, 0.3) is 0 Å². The van der Waals surface area contributed by atoms with Crippen molar-refractivity contribution in [2.75, 3.05) is 31.7 Å². The average molecular weight is 494 g/mol. The molecule has 1 fully saturated rings. The highest BCUT2D eigenvalue weighted by Gasteiger charge is 2.40. The fourth-order valence-electron chi connectivity index (χ4n) is 3.09. The second-order valence-electron chi connectivity index (χ2n) is 9.30. The SMILES string of the molecule is CCOC(=O)CCOC[C@@H](Nc1cnn(COCC[Si](C)(C)C)c(=O)c1C(F)(F)F)C1CC1. The van der Waals surface area contributed by atoms with E-state index < -0.39 is 37.4 Å². The van der Waals surface area contributed by atoms with Crippen LogP contribution in [0.3, 0.4) is 0 Å². The summed E-state index contributed by atoms with van der Waals surface area (Å²) < 4.78 is 57.7. The Morgan fingerprint density at radius 3 is 2.55 bits per heavy atom. The molecule has 8 nitrogen and oxygen atoms in total.